The van der Waals surface area contributed by atoms with Crippen molar-refractivity contribution in [1.82, 2.24) is 0 Å². The van der Waals surface area contributed by atoms with Gasteiger partial charge in [0, 0.05) is 19.5 Å². The molecule has 18 heavy (non-hydrogen) atoms. The number of carboxylic acid groups (broad SMARTS) is 1. The molecule has 0 radical (unpaired) electrons. The summed E-state index contributed by atoms with van der Waals surface area (Å²) in [7, 11) is 0. The van der Waals surface area contributed by atoms with Crippen molar-refractivity contribution in [3.63, 3.8) is 0 Å². The van der Waals surface area contributed by atoms with Gasteiger partial charge < -0.3 is 14.7 Å². The smallest absolute Gasteiger partial charge is 0.303 e. The molecule has 0 spiro atoms. The Morgan fingerprint density at radius 2 is 2.28 bits per heavy atom. The summed E-state index contributed by atoms with van der Waals surface area (Å²) < 4.78 is 5.57. The van der Waals surface area contributed by atoms with Crippen LogP contribution in [0.3, 0.4) is 0 Å². The summed E-state index contributed by atoms with van der Waals surface area (Å²) in [6, 6.07) is 7.68. The van der Waals surface area contributed by atoms with E-state index in [0.717, 1.165) is 17.3 Å². The lowest BCUT2D eigenvalue weighted by atomic mass is 10.1. The van der Waals surface area contributed by atoms with Crippen LogP contribution in [-0.4, -0.2) is 36.9 Å². The number of carbonyl (C=O) groups is 1. The van der Waals surface area contributed by atoms with E-state index in [1.165, 1.54) is 0 Å². The monoisotopic (exact) mass is 269 g/mol. The van der Waals surface area contributed by atoms with Gasteiger partial charge in [-0.15, -0.1) is 0 Å². The first kappa shape index (κ1) is 13.2. The van der Waals surface area contributed by atoms with Gasteiger partial charge in [0.1, 0.15) is 0 Å². The second-order valence-electron chi connectivity index (χ2n) is 4.32. The van der Waals surface area contributed by atoms with Crippen LogP contribution in [0.5, 0.6) is 0 Å². The number of ether oxygens (including phenoxy) is 1. The van der Waals surface area contributed by atoms with Gasteiger partial charge in [0.15, 0.2) is 0 Å². The summed E-state index contributed by atoms with van der Waals surface area (Å²) in [6.07, 6.45) is 0.642. The standard InChI is InChI=1S/C13H16ClNO3/c14-11-3-1-2-4-12(11)15-7-8-18-10(9-15)5-6-13(16)17/h1-4,10H,5-9H2,(H,16,17). The zero-order chi connectivity index (χ0) is 13.0. The highest BCUT2D eigenvalue weighted by Crippen LogP contribution is 2.27. The lowest BCUT2D eigenvalue weighted by Crippen LogP contribution is -2.42. The number of hydrogen-bond acceptors (Lipinski definition) is 3. The third-order valence-corrected chi connectivity index (χ3v) is 3.33. The number of hydrogen-bond donors (Lipinski definition) is 1. The molecule has 2 rings (SSSR count). The van der Waals surface area contributed by atoms with Gasteiger partial charge in [0.25, 0.3) is 0 Å². The average Bonchev–Trinajstić information content (AvgIpc) is 2.37. The minimum absolute atomic E-state index is 0.0360. The van der Waals surface area contributed by atoms with Crippen molar-refractivity contribution in [2.45, 2.75) is 18.9 Å². The molecule has 1 N–H and O–H groups in total. The van der Waals surface area contributed by atoms with Crippen molar-refractivity contribution >= 4 is 23.3 Å². The van der Waals surface area contributed by atoms with Crippen molar-refractivity contribution in [2.24, 2.45) is 0 Å². The molecule has 1 aliphatic heterocycles. The zero-order valence-electron chi connectivity index (χ0n) is 10.0. The van der Waals surface area contributed by atoms with Crippen LogP contribution >= 0.6 is 11.6 Å². The number of nitrogens with zero attached hydrogens (tertiary/aromatic N) is 1. The molecular weight excluding hydrogens is 254 g/mol. The molecule has 98 valence electrons. The molecule has 4 nitrogen and oxygen atoms in total. The molecule has 1 aliphatic rings. The molecule has 0 amide bonds. The second kappa shape index (κ2) is 6.07. The van der Waals surface area contributed by atoms with E-state index in [4.69, 9.17) is 21.4 Å². The van der Waals surface area contributed by atoms with Crippen molar-refractivity contribution in [3.05, 3.63) is 29.3 Å². The second-order valence-corrected chi connectivity index (χ2v) is 4.73. The number of aliphatic carboxylic acids is 1. The topological polar surface area (TPSA) is 49.8 Å². The molecule has 5 heteroatoms. The number of benzene rings is 1. The van der Waals surface area contributed by atoms with E-state index in [9.17, 15) is 4.79 Å². The van der Waals surface area contributed by atoms with Crippen LogP contribution in [-0.2, 0) is 9.53 Å². The van der Waals surface area contributed by atoms with E-state index >= 15 is 0 Å². The van der Waals surface area contributed by atoms with E-state index in [1.54, 1.807) is 0 Å². The van der Waals surface area contributed by atoms with E-state index in [-0.39, 0.29) is 12.5 Å². The van der Waals surface area contributed by atoms with Gasteiger partial charge in [-0.25, -0.2) is 0 Å². The molecule has 0 saturated carbocycles. The third kappa shape index (κ3) is 3.37. The first-order valence-electron chi connectivity index (χ1n) is 5.99. The van der Waals surface area contributed by atoms with Crippen LogP contribution in [0.15, 0.2) is 24.3 Å². The predicted molar refractivity (Wildman–Crippen MR) is 70.3 cm³/mol. The normalized spacial score (nSPS) is 19.8. The number of morpholine rings is 1. The maximum atomic E-state index is 10.6. The number of anilines is 1. The molecule has 1 aromatic rings. The summed E-state index contributed by atoms with van der Waals surface area (Å²) in [6.45, 7) is 2.08. The summed E-state index contributed by atoms with van der Waals surface area (Å²) in [5.74, 6) is -0.784. The maximum absolute atomic E-state index is 10.6. The Kier molecular flexibility index (Phi) is 4.44. The average molecular weight is 270 g/mol. The summed E-state index contributed by atoms with van der Waals surface area (Å²) in [5.41, 5.74) is 0.989. The predicted octanol–water partition coefficient (Wildman–Crippen LogP) is 2.41. The fourth-order valence-electron chi connectivity index (χ4n) is 2.11. The molecule has 1 unspecified atom stereocenters. The molecule has 1 saturated heterocycles. The van der Waals surface area contributed by atoms with Crippen molar-refractivity contribution in [2.75, 3.05) is 24.6 Å². The number of para-hydroxylation sites is 1. The third-order valence-electron chi connectivity index (χ3n) is 3.01. The summed E-state index contributed by atoms with van der Waals surface area (Å²) in [5, 5.41) is 9.40. The Morgan fingerprint density at radius 1 is 1.50 bits per heavy atom. The fourth-order valence-corrected chi connectivity index (χ4v) is 2.36. The van der Waals surface area contributed by atoms with Crippen LogP contribution in [0.1, 0.15) is 12.8 Å². The van der Waals surface area contributed by atoms with Crippen molar-refractivity contribution in [1.29, 1.82) is 0 Å². The minimum atomic E-state index is -0.784. The molecule has 1 heterocycles. The lowest BCUT2D eigenvalue weighted by Gasteiger charge is -2.34. The quantitative estimate of drug-likeness (QED) is 0.912. The Hall–Kier alpha value is -1.26. The van der Waals surface area contributed by atoms with E-state index in [1.807, 2.05) is 24.3 Å². The number of halogens is 1. The SMILES string of the molecule is O=C(O)CCC1CN(c2ccccc2Cl)CCO1. The molecule has 0 bridgehead atoms. The Labute approximate surface area is 111 Å². The Balaban J connectivity index is 1.98. The molecule has 1 atom stereocenters. The molecular formula is C13H16ClNO3. The van der Waals surface area contributed by atoms with Crippen LogP contribution in [0.4, 0.5) is 5.69 Å². The van der Waals surface area contributed by atoms with Crippen LogP contribution in [0.2, 0.25) is 5.02 Å². The van der Waals surface area contributed by atoms with Gasteiger partial charge in [-0.2, -0.15) is 0 Å². The van der Waals surface area contributed by atoms with E-state index in [2.05, 4.69) is 4.90 Å². The highest BCUT2D eigenvalue weighted by Gasteiger charge is 2.22. The van der Waals surface area contributed by atoms with Crippen molar-refractivity contribution < 1.29 is 14.6 Å². The molecule has 0 aromatic heterocycles. The van der Waals surface area contributed by atoms with Crippen LogP contribution < -0.4 is 4.90 Å². The van der Waals surface area contributed by atoms with Crippen LogP contribution in [0, 0.1) is 0 Å². The molecule has 1 aromatic carbocycles. The Morgan fingerprint density at radius 3 is 3.00 bits per heavy atom. The highest BCUT2D eigenvalue weighted by molar-refractivity contribution is 6.33. The highest BCUT2D eigenvalue weighted by atomic mass is 35.5. The van der Waals surface area contributed by atoms with Crippen LogP contribution in [0.25, 0.3) is 0 Å². The van der Waals surface area contributed by atoms with Gasteiger partial charge in [0.05, 0.1) is 23.4 Å². The van der Waals surface area contributed by atoms with E-state index in [0.29, 0.717) is 19.6 Å². The first-order chi connectivity index (χ1) is 8.66. The van der Waals surface area contributed by atoms with Gasteiger partial charge >= 0.3 is 5.97 Å². The van der Waals surface area contributed by atoms with Gasteiger partial charge in [-0.3, -0.25) is 4.79 Å². The number of carboxylic acids is 1. The van der Waals surface area contributed by atoms with Crippen molar-refractivity contribution in [3.8, 4) is 0 Å². The number of rotatable bonds is 4. The Bertz CT molecular complexity index is 424. The minimum Gasteiger partial charge on any atom is -0.481 e. The zero-order valence-corrected chi connectivity index (χ0v) is 10.8. The van der Waals surface area contributed by atoms with Gasteiger partial charge in [-0.1, -0.05) is 23.7 Å². The van der Waals surface area contributed by atoms with Gasteiger partial charge in [-0.05, 0) is 18.6 Å². The fraction of sp³-hybridized carbons (Fsp3) is 0.462. The summed E-state index contributed by atoms with van der Waals surface area (Å²) in [4.78, 5) is 12.7. The molecule has 0 aliphatic carbocycles. The van der Waals surface area contributed by atoms with Gasteiger partial charge in [0.2, 0.25) is 0 Å². The van der Waals surface area contributed by atoms with E-state index < -0.39 is 5.97 Å². The molecule has 1 fully saturated rings. The maximum Gasteiger partial charge on any atom is 0.303 e. The first-order valence-corrected chi connectivity index (χ1v) is 6.37. The lowest BCUT2D eigenvalue weighted by molar-refractivity contribution is -0.137. The summed E-state index contributed by atoms with van der Waals surface area (Å²) >= 11 is 6.16. The largest absolute Gasteiger partial charge is 0.481 e.